The standard InChI is InChI=1S/C22H17FN2O8S/c23-16-8-14-11-31-13-33-21(14)15(9-16)12-32-22(26)19-6-1-2-7-20(19)24-34(29,30)18-5-3-4-17(10-18)25(27)28/h1-10,24H,11-13H2. The molecule has 12 heteroatoms. The molecule has 0 unspecified atom stereocenters. The van der Waals surface area contributed by atoms with E-state index in [9.17, 15) is 27.7 Å². The quantitative estimate of drug-likeness (QED) is 0.302. The maximum Gasteiger partial charge on any atom is 0.340 e. The number of nitro benzene ring substituents is 1. The largest absolute Gasteiger partial charge is 0.467 e. The van der Waals surface area contributed by atoms with E-state index in [0.717, 1.165) is 12.1 Å². The number of non-ortho nitro benzene ring substituents is 1. The maximum atomic E-state index is 13.9. The van der Waals surface area contributed by atoms with Crippen molar-refractivity contribution in [2.75, 3.05) is 11.5 Å². The van der Waals surface area contributed by atoms with E-state index in [2.05, 4.69) is 4.72 Å². The SMILES string of the molecule is O=C(OCc1cc(F)cc2c1OCOC2)c1ccccc1NS(=O)(=O)c1cccc([N+](=O)[O-])c1. The fourth-order valence-electron chi connectivity index (χ4n) is 3.30. The van der Waals surface area contributed by atoms with E-state index in [1.807, 2.05) is 0 Å². The van der Waals surface area contributed by atoms with Gasteiger partial charge in [0.05, 0.1) is 27.7 Å². The number of nitro groups is 1. The van der Waals surface area contributed by atoms with Crippen LogP contribution < -0.4 is 9.46 Å². The summed E-state index contributed by atoms with van der Waals surface area (Å²) >= 11 is 0. The summed E-state index contributed by atoms with van der Waals surface area (Å²) in [7, 11) is -4.26. The third kappa shape index (κ3) is 4.97. The summed E-state index contributed by atoms with van der Waals surface area (Å²) in [6.07, 6.45) is 0. The van der Waals surface area contributed by atoms with Crippen LogP contribution in [0.1, 0.15) is 21.5 Å². The van der Waals surface area contributed by atoms with E-state index in [4.69, 9.17) is 14.2 Å². The lowest BCUT2D eigenvalue weighted by Crippen LogP contribution is -2.17. The second kappa shape index (κ2) is 9.45. The second-order valence-electron chi connectivity index (χ2n) is 7.15. The van der Waals surface area contributed by atoms with E-state index in [0.29, 0.717) is 16.9 Å². The van der Waals surface area contributed by atoms with Gasteiger partial charge in [-0.3, -0.25) is 14.8 Å². The molecule has 0 fully saturated rings. The van der Waals surface area contributed by atoms with Crippen molar-refractivity contribution in [3.8, 4) is 5.75 Å². The Balaban J connectivity index is 1.55. The van der Waals surface area contributed by atoms with Crippen molar-refractivity contribution >= 4 is 27.4 Å². The normalized spacial score (nSPS) is 12.9. The number of benzene rings is 3. The molecule has 176 valence electrons. The second-order valence-corrected chi connectivity index (χ2v) is 8.83. The molecule has 4 rings (SSSR count). The molecule has 0 aliphatic carbocycles. The first-order chi connectivity index (χ1) is 16.2. The van der Waals surface area contributed by atoms with Gasteiger partial charge in [-0.15, -0.1) is 0 Å². The van der Waals surface area contributed by atoms with Gasteiger partial charge in [0, 0.05) is 23.3 Å². The van der Waals surface area contributed by atoms with Crippen molar-refractivity contribution < 1.29 is 36.7 Å². The van der Waals surface area contributed by atoms with Gasteiger partial charge in [0.15, 0.2) is 6.79 Å². The summed E-state index contributed by atoms with van der Waals surface area (Å²) in [5.41, 5.74) is 0.168. The van der Waals surface area contributed by atoms with Crippen LogP contribution in [0, 0.1) is 15.9 Å². The zero-order valence-corrected chi connectivity index (χ0v) is 18.2. The van der Waals surface area contributed by atoms with Crippen LogP contribution >= 0.6 is 0 Å². The number of nitrogens with one attached hydrogen (secondary N) is 1. The highest BCUT2D eigenvalue weighted by Crippen LogP contribution is 2.30. The van der Waals surface area contributed by atoms with E-state index in [1.165, 1.54) is 48.5 Å². The number of nitrogens with zero attached hydrogens (tertiary/aromatic N) is 1. The van der Waals surface area contributed by atoms with Gasteiger partial charge >= 0.3 is 5.97 Å². The summed E-state index contributed by atoms with van der Waals surface area (Å²) in [5, 5.41) is 11.0. The van der Waals surface area contributed by atoms with Crippen molar-refractivity contribution in [1.82, 2.24) is 0 Å². The summed E-state index contributed by atoms with van der Waals surface area (Å²) in [6, 6.07) is 12.6. The van der Waals surface area contributed by atoms with Crippen LogP contribution in [-0.4, -0.2) is 26.1 Å². The maximum absolute atomic E-state index is 13.9. The minimum absolute atomic E-state index is 0.0260. The number of fused-ring (bicyclic) bond motifs is 1. The smallest absolute Gasteiger partial charge is 0.340 e. The molecule has 0 atom stereocenters. The molecule has 0 saturated carbocycles. The third-order valence-electron chi connectivity index (χ3n) is 4.84. The molecule has 1 aliphatic rings. The fourth-order valence-corrected chi connectivity index (χ4v) is 4.42. The van der Waals surface area contributed by atoms with E-state index in [1.54, 1.807) is 0 Å². The molecule has 34 heavy (non-hydrogen) atoms. The highest BCUT2D eigenvalue weighted by Gasteiger charge is 2.23. The molecule has 0 amide bonds. The first-order valence-electron chi connectivity index (χ1n) is 9.80. The van der Waals surface area contributed by atoms with Gasteiger partial charge in [0.2, 0.25) is 0 Å². The minimum Gasteiger partial charge on any atom is -0.467 e. The number of esters is 1. The van der Waals surface area contributed by atoms with Gasteiger partial charge in [-0.25, -0.2) is 17.6 Å². The molecule has 0 radical (unpaired) electrons. The van der Waals surface area contributed by atoms with Gasteiger partial charge in [-0.1, -0.05) is 18.2 Å². The lowest BCUT2D eigenvalue weighted by Gasteiger charge is -2.21. The van der Waals surface area contributed by atoms with Gasteiger partial charge < -0.3 is 14.2 Å². The highest BCUT2D eigenvalue weighted by molar-refractivity contribution is 7.92. The molecular formula is C22H17FN2O8S. The van der Waals surface area contributed by atoms with E-state index < -0.39 is 32.4 Å². The Hall–Kier alpha value is -4.03. The van der Waals surface area contributed by atoms with Gasteiger partial charge in [0.25, 0.3) is 15.7 Å². The number of carbonyl (C=O) groups is 1. The Morgan fingerprint density at radius 2 is 1.94 bits per heavy atom. The molecule has 3 aromatic rings. The minimum atomic E-state index is -4.26. The molecule has 1 N–H and O–H groups in total. The monoisotopic (exact) mass is 488 g/mol. The number of para-hydroxylation sites is 1. The molecule has 0 saturated heterocycles. The van der Waals surface area contributed by atoms with Gasteiger partial charge in [-0.05, 0) is 30.3 Å². The fraction of sp³-hybridized carbons (Fsp3) is 0.136. The number of anilines is 1. The zero-order chi connectivity index (χ0) is 24.3. The predicted molar refractivity (Wildman–Crippen MR) is 116 cm³/mol. The third-order valence-corrected chi connectivity index (χ3v) is 6.20. The first kappa shape index (κ1) is 23.1. The van der Waals surface area contributed by atoms with Crippen LogP contribution in [0.2, 0.25) is 0 Å². The molecule has 1 heterocycles. The average Bonchev–Trinajstić information content (AvgIpc) is 2.82. The summed E-state index contributed by atoms with van der Waals surface area (Å²) < 4.78 is 57.5. The van der Waals surface area contributed by atoms with Crippen LogP contribution in [-0.2, 0) is 32.7 Å². The number of hydrogen-bond donors (Lipinski definition) is 1. The molecule has 3 aromatic carbocycles. The lowest BCUT2D eigenvalue weighted by atomic mass is 10.1. The Labute approximate surface area is 193 Å². The Bertz CT molecular complexity index is 1380. The lowest BCUT2D eigenvalue weighted by molar-refractivity contribution is -0.385. The highest BCUT2D eigenvalue weighted by atomic mass is 32.2. The van der Waals surface area contributed by atoms with E-state index in [-0.39, 0.29) is 36.2 Å². The van der Waals surface area contributed by atoms with Crippen LogP contribution in [0.3, 0.4) is 0 Å². The van der Waals surface area contributed by atoms with Crippen LogP contribution in [0.15, 0.2) is 65.6 Å². The van der Waals surface area contributed by atoms with Gasteiger partial charge in [-0.2, -0.15) is 0 Å². The molecule has 1 aliphatic heterocycles. The Kier molecular flexibility index (Phi) is 6.43. The molecule has 0 aromatic heterocycles. The number of ether oxygens (including phenoxy) is 3. The number of carbonyl (C=O) groups excluding carboxylic acids is 1. The van der Waals surface area contributed by atoms with E-state index >= 15 is 0 Å². The van der Waals surface area contributed by atoms with Crippen molar-refractivity contribution in [3.63, 3.8) is 0 Å². The summed E-state index contributed by atoms with van der Waals surface area (Å²) in [6.45, 7) is -0.205. The zero-order valence-electron chi connectivity index (χ0n) is 17.4. The van der Waals surface area contributed by atoms with Crippen molar-refractivity contribution in [2.45, 2.75) is 18.1 Å². The van der Waals surface area contributed by atoms with Crippen molar-refractivity contribution in [1.29, 1.82) is 0 Å². The Morgan fingerprint density at radius 3 is 2.74 bits per heavy atom. The Morgan fingerprint density at radius 1 is 1.15 bits per heavy atom. The van der Waals surface area contributed by atoms with Crippen molar-refractivity contribution in [2.24, 2.45) is 0 Å². The molecular weight excluding hydrogens is 471 g/mol. The van der Waals surface area contributed by atoms with Crippen LogP contribution in [0.4, 0.5) is 15.8 Å². The van der Waals surface area contributed by atoms with Crippen molar-refractivity contribution in [3.05, 3.63) is 93.3 Å². The predicted octanol–water partition coefficient (Wildman–Crippen LogP) is 3.76. The first-order valence-corrected chi connectivity index (χ1v) is 11.3. The number of halogens is 1. The molecule has 10 nitrogen and oxygen atoms in total. The van der Waals surface area contributed by atoms with Crippen LogP contribution in [0.5, 0.6) is 5.75 Å². The molecule has 0 bridgehead atoms. The number of rotatable bonds is 7. The molecule has 0 spiro atoms. The summed E-state index contributed by atoms with van der Waals surface area (Å²) in [5.74, 6) is -1.06. The summed E-state index contributed by atoms with van der Waals surface area (Å²) in [4.78, 5) is 22.7. The average molecular weight is 488 g/mol. The number of hydrogen-bond acceptors (Lipinski definition) is 8. The van der Waals surface area contributed by atoms with Gasteiger partial charge in [0.1, 0.15) is 18.2 Å². The van der Waals surface area contributed by atoms with Crippen LogP contribution in [0.25, 0.3) is 0 Å². The number of sulfonamides is 1. The topological polar surface area (TPSA) is 134 Å².